The minimum Gasteiger partial charge on any atom is -0.465 e. The molecule has 7 heteroatoms. The van der Waals surface area contributed by atoms with Crippen molar-refractivity contribution in [3.8, 4) is 18.2 Å². The SMILES string of the molecule is COC(=O)C(C#N)=C(CC(=C(C#N)C#N)c1ccc(Br)cc1)SC. The third kappa shape index (κ3) is 4.73. The number of ether oxygens (including phenoxy) is 1. The number of carbonyl (C=O) groups excluding carboxylic acids is 1. The third-order valence-corrected chi connectivity index (χ3v) is 4.45. The number of hydrogen-bond donors (Lipinski definition) is 0. The van der Waals surface area contributed by atoms with Gasteiger partial charge in [-0.2, -0.15) is 15.8 Å². The molecule has 0 aliphatic rings. The second-order valence-corrected chi connectivity index (χ2v) is 6.18. The Labute approximate surface area is 153 Å². The highest BCUT2D eigenvalue weighted by molar-refractivity contribution is 9.10. The summed E-state index contributed by atoms with van der Waals surface area (Å²) in [6.45, 7) is 0. The Balaban J connectivity index is 3.51. The lowest BCUT2D eigenvalue weighted by molar-refractivity contribution is -0.135. The van der Waals surface area contributed by atoms with E-state index in [-0.39, 0.29) is 17.6 Å². The van der Waals surface area contributed by atoms with Crippen LogP contribution in [0.15, 0.2) is 44.8 Å². The summed E-state index contributed by atoms with van der Waals surface area (Å²) in [5.74, 6) is -0.743. The van der Waals surface area contributed by atoms with E-state index in [9.17, 15) is 20.6 Å². The molecule has 24 heavy (non-hydrogen) atoms. The zero-order chi connectivity index (χ0) is 18.1. The van der Waals surface area contributed by atoms with Gasteiger partial charge in [0.15, 0.2) is 0 Å². The van der Waals surface area contributed by atoms with Gasteiger partial charge in [-0.1, -0.05) is 28.1 Å². The fourth-order valence-electron chi connectivity index (χ4n) is 1.89. The molecule has 0 radical (unpaired) electrons. The first kappa shape index (κ1) is 19.5. The molecule has 0 aliphatic carbocycles. The fraction of sp³-hybridized carbons (Fsp3) is 0.176. The molecule has 1 rings (SSSR count). The molecule has 1 aromatic carbocycles. The molecule has 120 valence electrons. The molecule has 0 saturated carbocycles. The molecule has 0 amide bonds. The number of carbonyl (C=O) groups is 1. The van der Waals surface area contributed by atoms with Crippen LogP contribution in [-0.2, 0) is 9.53 Å². The van der Waals surface area contributed by atoms with Gasteiger partial charge in [-0.05, 0) is 29.5 Å². The van der Waals surface area contributed by atoms with E-state index < -0.39 is 5.97 Å². The molecule has 0 unspecified atom stereocenters. The Morgan fingerprint density at radius 2 is 1.75 bits per heavy atom. The van der Waals surface area contributed by atoms with Crippen molar-refractivity contribution >= 4 is 39.2 Å². The number of esters is 1. The minimum atomic E-state index is -0.743. The summed E-state index contributed by atoms with van der Waals surface area (Å²) in [4.78, 5) is 12.2. The minimum absolute atomic E-state index is 0.0639. The molecule has 5 nitrogen and oxygen atoms in total. The van der Waals surface area contributed by atoms with Gasteiger partial charge in [0.05, 0.1) is 7.11 Å². The summed E-state index contributed by atoms with van der Waals surface area (Å²) in [6, 6.07) is 12.7. The van der Waals surface area contributed by atoms with Gasteiger partial charge in [0, 0.05) is 15.8 Å². The highest BCUT2D eigenvalue weighted by atomic mass is 79.9. The molecule has 0 aliphatic heterocycles. The van der Waals surface area contributed by atoms with Crippen LogP contribution in [0.4, 0.5) is 0 Å². The molecule has 0 atom stereocenters. The first-order valence-electron chi connectivity index (χ1n) is 6.57. The molecule has 0 saturated heterocycles. The van der Waals surface area contributed by atoms with Crippen LogP contribution in [0.2, 0.25) is 0 Å². The zero-order valence-electron chi connectivity index (χ0n) is 13.0. The van der Waals surface area contributed by atoms with Crippen molar-refractivity contribution in [3.63, 3.8) is 0 Å². The maximum Gasteiger partial charge on any atom is 0.349 e. The van der Waals surface area contributed by atoms with Crippen molar-refractivity contribution in [2.24, 2.45) is 0 Å². The summed E-state index contributed by atoms with van der Waals surface area (Å²) < 4.78 is 5.47. The Kier molecular flexibility index (Phi) is 7.79. The van der Waals surface area contributed by atoms with Crippen molar-refractivity contribution in [2.45, 2.75) is 6.42 Å². The van der Waals surface area contributed by atoms with E-state index >= 15 is 0 Å². The molecule has 1 aromatic rings. The van der Waals surface area contributed by atoms with E-state index in [0.717, 1.165) is 4.47 Å². The number of halogens is 1. The highest BCUT2D eigenvalue weighted by Crippen LogP contribution is 2.33. The largest absolute Gasteiger partial charge is 0.465 e. The van der Waals surface area contributed by atoms with Crippen molar-refractivity contribution in [1.82, 2.24) is 0 Å². The van der Waals surface area contributed by atoms with Gasteiger partial charge < -0.3 is 4.74 Å². The van der Waals surface area contributed by atoms with E-state index in [1.165, 1.54) is 18.9 Å². The Morgan fingerprint density at radius 1 is 1.17 bits per heavy atom. The number of nitriles is 3. The predicted octanol–water partition coefficient (Wildman–Crippen LogP) is 3.95. The van der Waals surface area contributed by atoms with Gasteiger partial charge in [-0.3, -0.25) is 0 Å². The van der Waals surface area contributed by atoms with Crippen molar-refractivity contribution in [3.05, 3.63) is 50.4 Å². The zero-order valence-corrected chi connectivity index (χ0v) is 15.4. The number of thioether (sulfide) groups is 1. The van der Waals surface area contributed by atoms with Crippen LogP contribution in [0, 0.1) is 34.0 Å². The normalized spacial score (nSPS) is 10.5. The number of hydrogen-bond acceptors (Lipinski definition) is 6. The average molecular weight is 402 g/mol. The van der Waals surface area contributed by atoms with Crippen LogP contribution >= 0.6 is 27.7 Å². The lowest BCUT2D eigenvalue weighted by atomic mass is 9.96. The lowest BCUT2D eigenvalue weighted by Gasteiger charge is -2.11. The molecular weight excluding hydrogens is 390 g/mol. The average Bonchev–Trinajstić information content (AvgIpc) is 2.61. The van der Waals surface area contributed by atoms with Crippen molar-refractivity contribution in [1.29, 1.82) is 15.8 Å². The molecular formula is C17H12BrN3O2S. The summed E-state index contributed by atoms with van der Waals surface area (Å²) in [7, 11) is 1.19. The fourth-order valence-corrected chi connectivity index (χ4v) is 2.78. The number of allylic oxidation sites excluding steroid dienone is 3. The summed E-state index contributed by atoms with van der Waals surface area (Å²) in [6.07, 6.45) is 1.82. The Morgan fingerprint density at radius 3 is 2.17 bits per heavy atom. The second kappa shape index (κ2) is 9.57. The predicted molar refractivity (Wildman–Crippen MR) is 95.1 cm³/mol. The monoisotopic (exact) mass is 401 g/mol. The van der Waals surface area contributed by atoms with E-state index in [2.05, 4.69) is 20.7 Å². The van der Waals surface area contributed by atoms with Crippen LogP contribution in [0.1, 0.15) is 12.0 Å². The van der Waals surface area contributed by atoms with Crippen molar-refractivity contribution < 1.29 is 9.53 Å². The standard InChI is InChI=1S/C17H12BrN3O2S/c1-23-17(22)15(10-21)16(24-2)7-14(12(8-19)9-20)11-3-5-13(18)6-4-11/h3-6H,7H2,1-2H3. The summed E-state index contributed by atoms with van der Waals surface area (Å²) in [5, 5.41) is 27.7. The van der Waals surface area contributed by atoms with Crippen LogP contribution in [0.25, 0.3) is 5.57 Å². The van der Waals surface area contributed by atoms with Crippen LogP contribution in [-0.4, -0.2) is 19.3 Å². The second-order valence-electron chi connectivity index (χ2n) is 4.37. The molecule has 0 spiro atoms. The quantitative estimate of drug-likeness (QED) is 0.420. The van der Waals surface area contributed by atoms with Gasteiger partial charge in [0.2, 0.25) is 0 Å². The first-order chi connectivity index (χ1) is 11.5. The lowest BCUT2D eigenvalue weighted by Crippen LogP contribution is -2.06. The maximum atomic E-state index is 11.7. The van der Waals surface area contributed by atoms with Gasteiger partial charge in [-0.15, -0.1) is 11.8 Å². The Hall–Kier alpha value is -2.53. The van der Waals surface area contributed by atoms with Gasteiger partial charge >= 0.3 is 5.97 Å². The highest BCUT2D eigenvalue weighted by Gasteiger charge is 2.19. The van der Waals surface area contributed by atoms with E-state index in [1.54, 1.807) is 30.5 Å². The molecule has 0 bridgehead atoms. The number of nitrogens with zero attached hydrogens (tertiary/aromatic N) is 3. The topological polar surface area (TPSA) is 97.7 Å². The molecule has 0 aromatic heterocycles. The smallest absolute Gasteiger partial charge is 0.349 e. The number of rotatable bonds is 5. The van der Waals surface area contributed by atoms with Crippen molar-refractivity contribution in [2.75, 3.05) is 13.4 Å². The summed E-state index contributed by atoms with van der Waals surface area (Å²) >= 11 is 4.53. The third-order valence-electron chi connectivity index (χ3n) is 3.08. The van der Waals surface area contributed by atoms with Gasteiger partial charge in [0.25, 0.3) is 0 Å². The van der Waals surface area contributed by atoms with E-state index in [0.29, 0.717) is 16.0 Å². The van der Waals surface area contributed by atoms with E-state index in [4.69, 9.17) is 0 Å². The molecule has 0 fully saturated rings. The van der Waals surface area contributed by atoms with Gasteiger partial charge in [-0.25, -0.2) is 4.79 Å². The van der Waals surface area contributed by atoms with Gasteiger partial charge in [0.1, 0.15) is 29.4 Å². The summed E-state index contributed by atoms with van der Waals surface area (Å²) in [5.41, 5.74) is 0.930. The number of methoxy groups -OCH3 is 1. The molecule has 0 N–H and O–H groups in total. The first-order valence-corrected chi connectivity index (χ1v) is 8.58. The van der Waals surface area contributed by atoms with Crippen LogP contribution in [0.5, 0.6) is 0 Å². The Bertz CT molecular complexity index is 805. The van der Waals surface area contributed by atoms with Crippen LogP contribution in [0.3, 0.4) is 0 Å². The van der Waals surface area contributed by atoms with E-state index in [1.807, 2.05) is 18.2 Å². The van der Waals surface area contributed by atoms with Crippen LogP contribution < -0.4 is 0 Å². The maximum absolute atomic E-state index is 11.7. The molecule has 0 heterocycles. The number of benzene rings is 1.